The highest BCUT2D eigenvalue weighted by Crippen LogP contribution is 2.39. The van der Waals surface area contributed by atoms with Crippen molar-refractivity contribution in [2.24, 2.45) is 5.73 Å². The van der Waals surface area contributed by atoms with Gasteiger partial charge in [-0.05, 0) is 56.3 Å². The highest BCUT2D eigenvalue weighted by atomic mass is 19.1. The van der Waals surface area contributed by atoms with E-state index in [1.807, 2.05) is 32.0 Å². The predicted octanol–water partition coefficient (Wildman–Crippen LogP) is 3.49. The molecule has 2 aromatic heterocycles. The average Bonchev–Trinajstić information content (AvgIpc) is 3.17. The van der Waals surface area contributed by atoms with Gasteiger partial charge in [0.15, 0.2) is 6.61 Å². The van der Waals surface area contributed by atoms with Crippen LogP contribution in [0.1, 0.15) is 11.1 Å². The number of fused-ring (bicyclic) bond motifs is 1. The van der Waals surface area contributed by atoms with Crippen LogP contribution in [-0.2, 0) is 9.59 Å². The number of carbonyl (C=O) groups excluding carboxylic acids is 2. The summed E-state index contributed by atoms with van der Waals surface area (Å²) >= 11 is 0. The van der Waals surface area contributed by atoms with Crippen molar-refractivity contribution in [3.8, 4) is 22.8 Å². The number of carbonyl (C=O) groups is 2. The van der Waals surface area contributed by atoms with E-state index in [4.69, 9.17) is 20.2 Å². The van der Waals surface area contributed by atoms with Crippen LogP contribution >= 0.6 is 0 Å². The molecule has 0 bridgehead atoms. The quantitative estimate of drug-likeness (QED) is 0.242. The summed E-state index contributed by atoms with van der Waals surface area (Å²) in [6, 6.07) is 13.5. The number of amides is 1. The molecule has 0 aliphatic heterocycles. The van der Waals surface area contributed by atoms with Crippen molar-refractivity contribution < 1.29 is 23.5 Å². The fourth-order valence-electron chi connectivity index (χ4n) is 3.80. The first kappa shape index (κ1) is 24.7. The summed E-state index contributed by atoms with van der Waals surface area (Å²) < 4.78 is 26.9. The van der Waals surface area contributed by atoms with Crippen LogP contribution in [0.4, 0.5) is 15.9 Å². The molecule has 0 aliphatic carbocycles. The van der Waals surface area contributed by atoms with Crippen LogP contribution in [-0.4, -0.2) is 41.5 Å². The molecule has 2 heterocycles. The Morgan fingerprint density at radius 1 is 1.11 bits per heavy atom. The number of nitrogens with zero attached hydrogens (tertiary/aromatic N) is 2. The Morgan fingerprint density at radius 3 is 2.56 bits per heavy atom. The van der Waals surface area contributed by atoms with Gasteiger partial charge in [0.2, 0.25) is 0 Å². The van der Waals surface area contributed by atoms with Crippen molar-refractivity contribution >= 4 is 29.0 Å². The molecule has 0 fully saturated rings. The second kappa shape index (κ2) is 10.4. The summed E-state index contributed by atoms with van der Waals surface area (Å²) in [6.45, 7) is 3.55. The van der Waals surface area contributed by atoms with E-state index in [0.29, 0.717) is 22.7 Å². The van der Waals surface area contributed by atoms with Gasteiger partial charge < -0.3 is 25.8 Å². The van der Waals surface area contributed by atoms with Gasteiger partial charge >= 0.3 is 5.97 Å². The number of aryl methyl sites for hydroxylation is 2. The Bertz CT molecular complexity index is 1430. The molecule has 9 nitrogen and oxygen atoms in total. The first-order valence-corrected chi connectivity index (χ1v) is 11.2. The maximum absolute atomic E-state index is 14.2. The van der Waals surface area contributed by atoms with E-state index >= 15 is 0 Å². The molecule has 0 radical (unpaired) electrons. The number of ether oxygens (including phenoxy) is 2. The van der Waals surface area contributed by atoms with Gasteiger partial charge in [0.25, 0.3) is 5.91 Å². The Morgan fingerprint density at radius 2 is 1.86 bits per heavy atom. The number of rotatable bonds is 9. The monoisotopic (exact) mass is 491 g/mol. The second-order valence-electron chi connectivity index (χ2n) is 8.19. The minimum Gasteiger partial charge on any atom is -0.483 e. The molecule has 36 heavy (non-hydrogen) atoms. The van der Waals surface area contributed by atoms with Crippen LogP contribution in [0.5, 0.6) is 11.5 Å². The molecule has 0 atom stereocenters. The lowest BCUT2D eigenvalue weighted by atomic mass is 10.1. The van der Waals surface area contributed by atoms with Crippen molar-refractivity contribution in [3.63, 3.8) is 0 Å². The number of aromatic nitrogens is 2. The van der Waals surface area contributed by atoms with E-state index < -0.39 is 24.3 Å². The number of benzene rings is 2. The van der Waals surface area contributed by atoms with Crippen LogP contribution in [0.25, 0.3) is 16.9 Å². The van der Waals surface area contributed by atoms with Gasteiger partial charge in [-0.3, -0.25) is 14.0 Å². The van der Waals surface area contributed by atoms with Crippen molar-refractivity contribution in [1.29, 1.82) is 0 Å². The number of hydrogen-bond acceptors (Lipinski definition) is 7. The maximum atomic E-state index is 14.2. The summed E-state index contributed by atoms with van der Waals surface area (Å²) in [5.74, 6) is -0.676. The topological polar surface area (TPSA) is 120 Å². The van der Waals surface area contributed by atoms with Gasteiger partial charge in [0.05, 0.1) is 6.54 Å². The molecule has 186 valence electrons. The van der Waals surface area contributed by atoms with Crippen molar-refractivity contribution in [1.82, 2.24) is 14.7 Å². The van der Waals surface area contributed by atoms with Gasteiger partial charge in [-0.25, -0.2) is 9.37 Å². The third kappa shape index (κ3) is 5.28. The van der Waals surface area contributed by atoms with E-state index in [2.05, 4.69) is 10.6 Å². The van der Waals surface area contributed by atoms with Crippen LogP contribution in [0.3, 0.4) is 0 Å². The lowest BCUT2D eigenvalue weighted by Crippen LogP contribution is -2.23. The number of esters is 1. The van der Waals surface area contributed by atoms with E-state index in [9.17, 15) is 14.0 Å². The van der Waals surface area contributed by atoms with Crippen molar-refractivity contribution in [3.05, 3.63) is 71.7 Å². The van der Waals surface area contributed by atoms with E-state index in [0.717, 1.165) is 16.8 Å². The third-order valence-electron chi connectivity index (χ3n) is 5.44. The minimum absolute atomic E-state index is 0.0150. The molecule has 0 unspecified atom stereocenters. The molecule has 1 amide bonds. The van der Waals surface area contributed by atoms with E-state index in [-0.39, 0.29) is 18.0 Å². The normalized spacial score (nSPS) is 10.9. The summed E-state index contributed by atoms with van der Waals surface area (Å²) in [6.07, 6.45) is 1.33. The Kier molecular flexibility index (Phi) is 7.16. The third-order valence-corrected chi connectivity index (χ3v) is 5.44. The van der Waals surface area contributed by atoms with E-state index in [1.54, 1.807) is 29.6 Å². The zero-order chi connectivity index (χ0) is 25.8. The fraction of sp³-hybridized carbons (Fsp3) is 0.192. The van der Waals surface area contributed by atoms with E-state index in [1.165, 1.54) is 18.3 Å². The van der Waals surface area contributed by atoms with Crippen LogP contribution in [0, 0.1) is 19.7 Å². The maximum Gasteiger partial charge on any atom is 0.325 e. The number of imidazole rings is 1. The lowest BCUT2D eigenvalue weighted by Gasteiger charge is -2.16. The fourth-order valence-corrected chi connectivity index (χ4v) is 3.80. The molecular formula is C26H26FN5O4. The molecule has 10 heteroatoms. The average molecular weight is 492 g/mol. The van der Waals surface area contributed by atoms with Crippen LogP contribution < -0.4 is 25.8 Å². The standard InChI is InChI=1S/C26H26FN5O4/c1-15-5-4-6-16(2)24(15)31-26-25(30-22-10-7-17(27)13-32(22)26)19-9-8-18(36-23(34)12-29-3)11-20(19)35-14-21(28)33/h4-11,13,29,31H,12,14H2,1-3H3,(H2,28,33). The Balaban J connectivity index is 1.88. The largest absolute Gasteiger partial charge is 0.483 e. The number of para-hydroxylation sites is 1. The van der Waals surface area contributed by atoms with Gasteiger partial charge in [0, 0.05) is 23.5 Å². The minimum atomic E-state index is -0.676. The van der Waals surface area contributed by atoms with Crippen molar-refractivity contribution in [2.75, 3.05) is 25.5 Å². The lowest BCUT2D eigenvalue weighted by molar-refractivity contribution is -0.133. The zero-order valence-electron chi connectivity index (χ0n) is 20.1. The number of halogens is 1. The Hall–Kier alpha value is -4.44. The van der Waals surface area contributed by atoms with Crippen molar-refractivity contribution in [2.45, 2.75) is 13.8 Å². The van der Waals surface area contributed by atoms with Crippen LogP contribution in [0.15, 0.2) is 54.7 Å². The molecule has 0 saturated carbocycles. The number of primary amides is 1. The molecule has 0 aliphatic rings. The molecule has 4 N–H and O–H groups in total. The van der Waals surface area contributed by atoms with Gasteiger partial charge in [0.1, 0.15) is 34.5 Å². The number of nitrogens with two attached hydrogens (primary N) is 1. The summed E-state index contributed by atoms with van der Waals surface area (Å²) in [4.78, 5) is 28.1. The molecule has 0 spiro atoms. The highest BCUT2D eigenvalue weighted by Gasteiger charge is 2.21. The Labute approximate surface area is 207 Å². The molecule has 4 rings (SSSR count). The van der Waals surface area contributed by atoms with Gasteiger partial charge in [-0.2, -0.15) is 0 Å². The summed E-state index contributed by atoms with van der Waals surface area (Å²) in [7, 11) is 1.63. The smallest absolute Gasteiger partial charge is 0.325 e. The molecule has 0 saturated heterocycles. The van der Waals surface area contributed by atoms with Gasteiger partial charge in [-0.1, -0.05) is 18.2 Å². The SMILES string of the molecule is CNCC(=O)Oc1ccc(-c2nc3ccc(F)cn3c2Nc2c(C)cccc2C)c(OCC(N)=O)c1. The molecular weight excluding hydrogens is 465 g/mol. The zero-order valence-corrected chi connectivity index (χ0v) is 20.1. The molecule has 2 aromatic carbocycles. The summed E-state index contributed by atoms with van der Waals surface area (Å²) in [5.41, 5.74) is 9.55. The first-order valence-electron chi connectivity index (χ1n) is 11.2. The number of pyridine rings is 1. The summed E-state index contributed by atoms with van der Waals surface area (Å²) in [5, 5.41) is 6.13. The number of likely N-dealkylation sites (N-methyl/N-ethyl adjacent to an activating group) is 1. The number of nitrogens with one attached hydrogen (secondary N) is 2. The highest BCUT2D eigenvalue weighted by molar-refractivity contribution is 5.85. The molecule has 4 aromatic rings. The van der Waals surface area contributed by atoms with Gasteiger partial charge in [-0.15, -0.1) is 0 Å². The second-order valence-corrected chi connectivity index (χ2v) is 8.19. The number of hydrogen-bond donors (Lipinski definition) is 3. The predicted molar refractivity (Wildman–Crippen MR) is 134 cm³/mol. The van der Waals surface area contributed by atoms with Crippen LogP contribution in [0.2, 0.25) is 0 Å². The number of anilines is 2. The first-order chi connectivity index (χ1) is 17.3.